The van der Waals surface area contributed by atoms with Crippen LogP contribution in [-0.4, -0.2) is 30.9 Å². The monoisotopic (exact) mass is 378 g/mol. The van der Waals surface area contributed by atoms with E-state index in [4.69, 9.17) is 0 Å². The van der Waals surface area contributed by atoms with E-state index < -0.39 is 0 Å². The highest BCUT2D eigenvalue weighted by molar-refractivity contribution is 6.02. The fourth-order valence-corrected chi connectivity index (χ4v) is 2.88. The van der Waals surface area contributed by atoms with Gasteiger partial charge in [-0.05, 0) is 49.6 Å². The van der Waals surface area contributed by atoms with Gasteiger partial charge in [-0.3, -0.25) is 14.7 Å². The Balaban J connectivity index is 1.45. The number of anilines is 1. The second-order valence-corrected chi connectivity index (χ2v) is 6.98. The van der Waals surface area contributed by atoms with Crippen molar-refractivity contribution >= 4 is 11.6 Å². The van der Waals surface area contributed by atoms with Gasteiger partial charge in [-0.15, -0.1) is 0 Å². The van der Waals surface area contributed by atoms with Gasteiger partial charge in [-0.25, -0.2) is 9.67 Å². The molecule has 8 nitrogen and oxygen atoms in total. The standard InChI is InChI=1S/C20H22N6O2/c1-2-3-12-26-17(27)11-10-16(25-26)20(28)21-15-8-6-14(7-9-15)19-22-18(23-24-19)13-4-5-13/h6-11,13H,2-5,12H2,1H3,(H,21,28)(H,22,23,24). The average Bonchev–Trinajstić information content (AvgIpc) is 3.45. The van der Waals surface area contributed by atoms with Gasteiger partial charge in [0.25, 0.3) is 11.5 Å². The highest BCUT2D eigenvalue weighted by atomic mass is 16.2. The van der Waals surface area contributed by atoms with Gasteiger partial charge in [-0.1, -0.05) is 13.3 Å². The molecule has 28 heavy (non-hydrogen) atoms. The van der Waals surface area contributed by atoms with E-state index in [0.29, 0.717) is 24.0 Å². The number of unbranched alkanes of at least 4 members (excludes halogenated alkanes) is 1. The van der Waals surface area contributed by atoms with Gasteiger partial charge in [0.15, 0.2) is 5.82 Å². The van der Waals surface area contributed by atoms with E-state index in [0.717, 1.165) is 24.2 Å². The van der Waals surface area contributed by atoms with Crippen molar-refractivity contribution in [2.75, 3.05) is 5.32 Å². The molecule has 0 bridgehead atoms. The summed E-state index contributed by atoms with van der Waals surface area (Å²) in [7, 11) is 0. The molecule has 2 heterocycles. The zero-order chi connectivity index (χ0) is 19.5. The first kappa shape index (κ1) is 18.1. The van der Waals surface area contributed by atoms with Crippen molar-refractivity contribution in [2.45, 2.75) is 45.1 Å². The Hall–Kier alpha value is -3.29. The van der Waals surface area contributed by atoms with Crippen LogP contribution < -0.4 is 10.9 Å². The van der Waals surface area contributed by atoms with Crippen LogP contribution in [0, 0.1) is 0 Å². The van der Waals surface area contributed by atoms with Crippen molar-refractivity contribution in [2.24, 2.45) is 0 Å². The molecule has 1 aromatic carbocycles. The van der Waals surface area contributed by atoms with Crippen molar-refractivity contribution in [3.05, 3.63) is 58.3 Å². The Kier molecular flexibility index (Phi) is 5.01. The summed E-state index contributed by atoms with van der Waals surface area (Å²) in [6.07, 6.45) is 4.12. The smallest absolute Gasteiger partial charge is 0.276 e. The van der Waals surface area contributed by atoms with Gasteiger partial charge in [0, 0.05) is 29.8 Å². The molecule has 1 fully saturated rings. The second kappa shape index (κ2) is 7.75. The SMILES string of the molecule is CCCCn1nc(C(=O)Nc2ccc(-c3n[nH]c(C4CC4)n3)cc2)ccc1=O. The van der Waals surface area contributed by atoms with Crippen molar-refractivity contribution < 1.29 is 4.79 Å². The maximum absolute atomic E-state index is 12.5. The first-order valence-corrected chi connectivity index (χ1v) is 9.56. The van der Waals surface area contributed by atoms with Crippen LogP contribution in [0.4, 0.5) is 5.69 Å². The fourth-order valence-electron chi connectivity index (χ4n) is 2.88. The van der Waals surface area contributed by atoms with Crippen LogP contribution in [0.2, 0.25) is 0 Å². The normalized spacial score (nSPS) is 13.5. The lowest BCUT2D eigenvalue weighted by atomic mass is 10.2. The van der Waals surface area contributed by atoms with E-state index in [1.54, 1.807) is 12.1 Å². The topological polar surface area (TPSA) is 106 Å². The number of aryl methyl sites for hydroxylation is 1. The summed E-state index contributed by atoms with van der Waals surface area (Å²) in [5, 5.41) is 14.2. The van der Waals surface area contributed by atoms with E-state index in [9.17, 15) is 9.59 Å². The molecular weight excluding hydrogens is 356 g/mol. The molecule has 1 aliphatic carbocycles. The summed E-state index contributed by atoms with van der Waals surface area (Å²) in [6, 6.07) is 10.2. The second-order valence-electron chi connectivity index (χ2n) is 6.98. The number of benzene rings is 1. The molecule has 2 aromatic heterocycles. The quantitative estimate of drug-likeness (QED) is 0.657. The minimum atomic E-state index is -0.355. The lowest BCUT2D eigenvalue weighted by Crippen LogP contribution is -2.26. The third kappa shape index (κ3) is 4.00. The van der Waals surface area contributed by atoms with Crippen molar-refractivity contribution in [3.63, 3.8) is 0 Å². The summed E-state index contributed by atoms with van der Waals surface area (Å²) in [5.74, 6) is 1.76. The first-order chi connectivity index (χ1) is 13.6. The zero-order valence-electron chi connectivity index (χ0n) is 15.7. The molecule has 1 saturated carbocycles. The summed E-state index contributed by atoms with van der Waals surface area (Å²) in [4.78, 5) is 28.8. The molecule has 0 unspecified atom stereocenters. The minimum absolute atomic E-state index is 0.202. The van der Waals surface area contributed by atoms with Gasteiger partial charge < -0.3 is 5.32 Å². The molecule has 4 rings (SSSR count). The number of rotatable bonds is 7. The van der Waals surface area contributed by atoms with E-state index in [2.05, 4.69) is 25.6 Å². The van der Waals surface area contributed by atoms with Crippen molar-refractivity contribution in [1.29, 1.82) is 0 Å². The Morgan fingerprint density at radius 1 is 1.21 bits per heavy atom. The van der Waals surface area contributed by atoms with E-state index >= 15 is 0 Å². The summed E-state index contributed by atoms with van der Waals surface area (Å²) in [5.41, 5.74) is 1.53. The number of H-pyrrole nitrogens is 1. The van der Waals surface area contributed by atoms with Crippen LogP contribution in [0.1, 0.15) is 54.8 Å². The molecule has 2 N–H and O–H groups in total. The number of carbonyl (C=O) groups is 1. The van der Waals surface area contributed by atoms with Crippen LogP contribution in [-0.2, 0) is 6.54 Å². The number of hydrogen-bond donors (Lipinski definition) is 2. The molecule has 0 aliphatic heterocycles. The van der Waals surface area contributed by atoms with Crippen LogP contribution in [0.25, 0.3) is 11.4 Å². The number of nitrogens with one attached hydrogen (secondary N) is 2. The first-order valence-electron chi connectivity index (χ1n) is 9.56. The predicted molar refractivity (Wildman–Crippen MR) is 105 cm³/mol. The van der Waals surface area contributed by atoms with Gasteiger partial charge in [0.2, 0.25) is 0 Å². The van der Waals surface area contributed by atoms with Gasteiger partial charge >= 0.3 is 0 Å². The maximum Gasteiger partial charge on any atom is 0.276 e. The minimum Gasteiger partial charge on any atom is -0.321 e. The molecule has 0 saturated heterocycles. The Labute approximate surface area is 162 Å². The number of hydrogen-bond acceptors (Lipinski definition) is 5. The van der Waals surface area contributed by atoms with E-state index in [1.165, 1.54) is 29.7 Å². The number of amides is 1. The highest BCUT2D eigenvalue weighted by Crippen LogP contribution is 2.38. The molecule has 0 radical (unpaired) electrons. The number of aromatic amines is 1. The summed E-state index contributed by atoms with van der Waals surface area (Å²) >= 11 is 0. The van der Waals surface area contributed by atoms with Gasteiger partial charge in [-0.2, -0.15) is 10.2 Å². The third-order valence-corrected chi connectivity index (χ3v) is 4.69. The molecule has 1 amide bonds. The molecule has 3 aromatic rings. The van der Waals surface area contributed by atoms with Crippen molar-refractivity contribution in [3.8, 4) is 11.4 Å². The summed E-state index contributed by atoms with van der Waals surface area (Å²) in [6.45, 7) is 2.54. The van der Waals surface area contributed by atoms with Crippen LogP contribution in [0.3, 0.4) is 0 Å². The van der Waals surface area contributed by atoms with Gasteiger partial charge in [0.05, 0.1) is 0 Å². The number of nitrogens with zero attached hydrogens (tertiary/aromatic N) is 4. The number of aromatic nitrogens is 5. The lowest BCUT2D eigenvalue weighted by Gasteiger charge is -2.08. The van der Waals surface area contributed by atoms with Crippen LogP contribution in [0.15, 0.2) is 41.2 Å². The molecule has 0 atom stereocenters. The Morgan fingerprint density at radius 3 is 2.71 bits per heavy atom. The van der Waals surface area contributed by atoms with Crippen LogP contribution in [0.5, 0.6) is 0 Å². The molecule has 8 heteroatoms. The van der Waals surface area contributed by atoms with Crippen LogP contribution >= 0.6 is 0 Å². The molecular formula is C20H22N6O2. The van der Waals surface area contributed by atoms with Gasteiger partial charge in [0.1, 0.15) is 11.5 Å². The predicted octanol–water partition coefficient (Wildman–Crippen LogP) is 2.96. The third-order valence-electron chi connectivity index (χ3n) is 4.69. The van der Waals surface area contributed by atoms with Crippen molar-refractivity contribution in [1.82, 2.24) is 25.0 Å². The highest BCUT2D eigenvalue weighted by Gasteiger charge is 2.27. The Bertz CT molecular complexity index is 1030. The lowest BCUT2D eigenvalue weighted by molar-refractivity contribution is 0.101. The Morgan fingerprint density at radius 2 is 2.00 bits per heavy atom. The molecule has 0 spiro atoms. The summed E-state index contributed by atoms with van der Waals surface area (Å²) < 4.78 is 1.34. The van der Waals surface area contributed by atoms with E-state index in [-0.39, 0.29) is 17.2 Å². The van der Waals surface area contributed by atoms with E-state index in [1.807, 2.05) is 19.1 Å². The zero-order valence-corrected chi connectivity index (χ0v) is 15.7. The number of carbonyl (C=O) groups excluding carboxylic acids is 1. The molecule has 1 aliphatic rings. The largest absolute Gasteiger partial charge is 0.321 e. The molecule has 144 valence electrons. The average molecular weight is 378 g/mol. The fraction of sp³-hybridized carbons (Fsp3) is 0.350. The maximum atomic E-state index is 12.5.